The van der Waals surface area contributed by atoms with Crippen molar-refractivity contribution in [1.82, 2.24) is 23.1 Å². The zero-order valence-corrected chi connectivity index (χ0v) is 16.8. The van der Waals surface area contributed by atoms with Crippen LogP contribution in [0.2, 0.25) is 10.0 Å². The first-order valence-electron chi connectivity index (χ1n) is 8.30. The summed E-state index contributed by atoms with van der Waals surface area (Å²) in [5.41, 5.74) is 2.23. The lowest BCUT2D eigenvalue weighted by molar-refractivity contribution is 0.656. The maximum atomic E-state index is 13.3. The van der Waals surface area contributed by atoms with Crippen LogP contribution in [-0.2, 0) is 20.6 Å². The number of halogens is 2. The normalized spacial score (nSPS) is 11.8. The number of nitrogens with zero attached hydrogens (tertiary/aromatic N) is 5. The topological polar surface area (TPSA) is 66.2 Å². The molecule has 0 saturated heterocycles. The molecular formula is C18H17Cl2N5O2. The molecule has 0 unspecified atom stereocenters. The number of hydrogen-bond acceptors (Lipinski definition) is 3. The van der Waals surface area contributed by atoms with E-state index in [-0.39, 0.29) is 6.54 Å². The van der Waals surface area contributed by atoms with Crippen LogP contribution >= 0.6 is 23.2 Å². The third kappa shape index (κ3) is 2.38. The fraction of sp³-hybridized carbons (Fsp3) is 0.278. The molecule has 140 valence electrons. The van der Waals surface area contributed by atoms with Gasteiger partial charge in [0.25, 0.3) is 5.56 Å². The summed E-state index contributed by atoms with van der Waals surface area (Å²) in [7, 11) is 3.48. The number of rotatable bonds is 2. The van der Waals surface area contributed by atoms with Crippen molar-refractivity contribution in [1.29, 1.82) is 0 Å². The van der Waals surface area contributed by atoms with Crippen LogP contribution in [0.4, 0.5) is 0 Å². The second-order valence-electron chi connectivity index (χ2n) is 6.58. The van der Waals surface area contributed by atoms with Crippen molar-refractivity contribution in [3.8, 4) is 0 Å². The maximum Gasteiger partial charge on any atom is 0.332 e. The quantitative estimate of drug-likeness (QED) is 0.514. The van der Waals surface area contributed by atoms with E-state index in [1.165, 1.54) is 4.57 Å². The Morgan fingerprint density at radius 2 is 1.63 bits per heavy atom. The Kier molecular flexibility index (Phi) is 3.98. The first-order chi connectivity index (χ1) is 12.7. The monoisotopic (exact) mass is 405 g/mol. The molecule has 3 aromatic heterocycles. The summed E-state index contributed by atoms with van der Waals surface area (Å²) in [6.07, 6.45) is 0. The van der Waals surface area contributed by atoms with Crippen LogP contribution in [0, 0.1) is 13.8 Å². The average Bonchev–Trinajstić information content (AvgIpc) is 3.12. The van der Waals surface area contributed by atoms with E-state index < -0.39 is 11.2 Å². The summed E-state index contributed by atoms with van der Waals surface area (Å²) in [6, 6.07) is 5.08. The molecule has 4 rings (SSSR count). The maximum absolute atomic E-state index is 13.3. The summed E-state index contributed by atoms with van der Waals surface area (Å²) < 4.78 is 6.21. The molecule has 4 aromatic rings. The fourth-order valence-electron chi connectivity index (χ4n) is 3.39. The highest BCUT2D eigenvalue weighted by Crippen LogP contribution is 2.25. The fourth-order valence-corrected chi connectivity index (χ4v) is 3.90. The minimum Gasteiger partial charge on any atom is -0.317 e. The van der Waals surface area contributed by atoms with Crippen LogP contribution in [0.1, 0.15) is 17.0 Å². The third-order valence-electron chi connectivity index (χ3n) is 5.16. The molecule has 0 aliphatic rings. The van der Waals surface area contributed by atoms with Crippen LogP contribution in [0.5, 0.6) is 0 Å². The SMILES string of the molecule is Cc1c(C)n2c3c(=O)n(Cc4c(Cl)cccc4Cl)c(=O)n(C)c3nc2n1C. The lowest BCUT2D eigenvalue weighted by atomic mass is 10.2. The number of aryl methyl sites for hydroxylation is 3. The van der Waals surface area contributed by atoms with E-state index in [2.05, 4.69) is 4.98 Å². The molecule has 0 radical (unpaired) electrons. The predicted octanol–water partition coefficient (Wildman–Crippen LogP) is 2.66. The van der Waals surface area contributed by atoms with Gasteiger partial charge >= 0.3 is 5.69 Å². The number of aromatic nitrogens is 5. The van der Waals surface area contributed by atoms with Crippen molar-refractivity contribution in [2.24, 2.45) is 14.1 Å². The van der Waals surface area contributed by atoms with Crippen LogP contribution in [0.3, 0.4) is 0 Å². The van der Waals surface area contributed by atoms with E-state index in [0.29, 0.717) is 32.6 Å². The molecule has 0 aliphatic carbocycles. The molecule has 0 bridgehead atoms. The number of benzene rings is 1. The summed E-state index contributed by atoms with van der Waals surface area (Å²) in [4.78, 5) is 30.6. The smallest absolute Gasteiger partial charge is 0.317 e. The van der Waals surface area contributed by atoms with E-state index >= 15 is 0 Å². The molecule has 0 atom stereocenters. The molecule has 9 heteroatoms. The van der Waals surface area contributed by atoms with Crippen molar-refractivity contribution < 1.29 is 0 Å². The van der Waals surface area contributed by atoms with Crippen molar-refractivity contribution in [2.45, 2.75) is 20.4 Å². The zero-order valence-electron chi connectivity index (χ0n) is 15.2. The van der Waals surface area contributed by atoms with Gasteiger partial charge in [0.1, 0.15) is 0 Å². The Morgan fingerprint density at radius 1 is 1.00 bits per heavy atom. The van der Waals surface area contributed by atoms with Gasteiger partial charge in [-0.2, -0.15) is 4.98 Å². The average molecular weight is 406 g/mol. The second-order valence-corrected chi connectivity index (χ2v) is 7.40. The van der Waals surface area contributed by atoms with Gasteiger partial charge in [-0.1, -0.05) is 29.3 Å². The molecule has 0 saturated carbocycles. The van der Waals surface area contributed by atoms with E-state index in [9.17, 15) is 9.59 Å². The number of imidazole rings is 2. The largest absolute Gasteiger partial charge is 0.332 e. The highest BCUT2D eigenvalue weighted by Gasteiger charge is 2.22. The molecule has 3 heterocycles. The van der Waals surface area contributed by atoms with Gasteiger partial charge in [-0.25, -0.2) is 4.79 Å². The van der Waals surface area contributed by atoms with Gasteiger partial charge in [0, 0.05) is 41.1 Å². The number of fused-ring (bicyclic) bond motifs is 3. The van der Waals surface area contributed by atoms with Crippen molar-refractivity contribution in [3.05, 3.63) is 66.0 Å². The minimum atomic E-state index is -0.471. The third-order valence-corrected chi connectivity index (χ3v) is 5.87. The highest BCUT2D eigenvalue weighted by atomic mass is 35.5. The molecule has 0 aliphatic heterocycles. The highest BCUT2D eigenvalue weighted by molar-refractivity contribution is 6.35. The van der Waals surface area contributed by atoms with Gasteiger partial charge in [0.05, 0.1) is 6.54 Å². The van der Waals surface area contributed by atoms with Crippen LogP contribution in [0.25, 0.3) is 16.9 Å². The van der Waals surface area contributed by atoms with Gasteiger partial charge < -0.3 is 4.57 Å². The van der Waals surface area contributed by atoms with Gasteiger partial charge in [-0.05, 0) is 26.0 Å². The van der Waals surface area contributed by atoms with Crippen molar-refractivity contribution in [2.75, 3.05) is 0 Å². The van der Waals surface area contributed by atoms with Gasteiger partial charge in [0.15, 0.2) is 11.2 Å². The van der Waals surface area contributed by atoms with Gasteiger partial charge in [0.2, 0.25) is 5.78 Å². The molecule has 1 aromatic carbocycles. The van der Waals surface area contributed by atoms with Crippen molar-refractivity contribution >= 4 is 40.1 Å². The lowest BCUT2D eigenvalue weighted by Gasteiger charge is -2.11. The molecule has 0 N–H and O–H groups in total. The number of hydrogen-bond donors (Lipinski definition) is 0. The Labute approximate surface area is 164 Å². The summed E-state index contributed by atoms with van der Waals surface area (Å²) in [6.45, 7) is 3.86. The van der Waals surface area contributed by atoms with Crippen LogP contribution in [-0.4, -0.2) is 23.1 Å². The first-order valence-corrected chi connectivity index (χ1v) is 9.06. The van der Waals surface area contributed by atoms with E-state index in [1.807, 2.05) is 25.5 Å². The second kappa shape index (κ2) is 6.00. The van der Waals surface area contributed by atoms with Gasteiger partial charge in [-0.3, -0.25) is 18.3 Å². The molecule has 0 fully saturated rings. The summed E-state index contributed by atoms with van der Waals surface area (Å²) in [5, 5.41) is 0.809. The summed E-state index contributed by atoms with van der Waals surface area (Å²) in [5.74, 6) is 0.612. The standard InChI is InChI=1S/C18H17Cl2N5O2/c1-9-10(2)25-14-15(21-17(25)22(9)3)23(4)18(27)24(16(14)26)8-11-12(19)6-5-7-13(11)20/h5-7H,8H2,1-4H3. The minimum absolute atomic E-state index is 0.0158. The molecule has 7 nitrogen and oxygen atoms in total. The summed E-state index contributed by atoms with van der Waals surface area (Å²) >= 11 is 12.5. The molecule has 27 heavy (non-hydrogen) atoms. The Hall–Kier alpha value is -2.51. The molecule has 0 spiro atoms. The van der Waals surface area contributed by atoms with Crippen molar-refractivity contribution in [3.63, 3.8) is 0 Å². The van der Waals surface area contributed by atoms with Gasteiger partial charge in [-0.15, -0.1) is 0 Å². The van der Waals surface area contributed by atoms with E-state index in [0.717, 1.165) is 16.0 Å². The van der Waals surface area contributed by atoms with Crippen LogP contribution < -0.4 is 11.2 Å². The predicted molar refractivity (Wildman–Crippen MR) is 106 cm³/mol. The van der Waals surface area contributed by atoms with Crippen LogP contribution in [0.15, 0.2) is 27.8 Å². The Balaban J connectivity index is 2.11. The molecule has 0 amide bonds. The Morgan fingerprint density at radius 3 is 2.26 bits per heavy atom. The van der Waals surface area contributed by atoms with E-state index in [1.54, 1.807) is 29.6 Å². The first kappa shape index (κ1) is 17.9. The lowest BCUT2D eigenvalue weighted by Crippen LogP contribution is -2.39. The molecular weight excluding hydrogens is 389 g/mol. The Bertz CT molecular complexity index is 1340. The zero-order chi connectivity index (χ0) is 19.6. The van der Waals surface area contributed by atoms with E-state index in [4.69, 9.17) is 23.2 Å².